The molecule has 1 aromatic rings. The number of carbonyl (C=O) groups is 1. The number of hydrogen-bond acceptors (Lipinski definition) is 2. The van der Waals surface area contributed by atoms with Crippen LogP contribution >= 0.6 is 0 Å². The van der Waals surface area contributed by atoms with Gasteiger partial charge in [-0.25, -0.2) is 0 Å². The molecule has 0 atom stereocenters. The summed E-state index contributed by atoms with van der Waals surface area (Å²) in [5.74, 6) is -0.264. The minimum atomic E-state index is -4.70. The third kappa shape index (κ3) is 4.93. The van der Waals surface area contributed by atoms with E-state index < -0.39 is 6.36 Å². The highest BCUT2D eigenvalue weighted by Gasteiger charge is 2.31. The van der Waals surface area contributed by atoms with Gasteiger partial charge in [0.05, 0.1) is 6.42 Å². The van der Waals surface area contributed by atoms with E-state index in [-0.39, 0.29) is 23.5 Å². The lowest BCUT2D eigenvalue weighted by molar-refractivity contribution is -0.274. The second-order valence-electron chi connectivity index (χ2n) is 6.45. The van der Waals surface area contributed by atoms with Crippen molar-refractivity contribution in [3.8, 4) is 5.75 Å². The van der Waals surface area contributed by atoms with Crippen LogP contribution in [-0.2, 0) is 11.2 Å². The zero-order valence-electron chi connectivity index (χ0n) is 12.7. The van der Waals surface area contributed by atoms with Crippen molar-refractivity contribution in [3.05, 3.63) is 29.8 Å². The fraction of sp³-hybridized carbons (Fsp3) is 0.562. The summed E-state index contributed by atoms with van der Waals surface area (Å²) < 4.78 is 40.1. The standard InChI is InChI=1S/C16H20F3NO2/c1-15(2)8-3-9-20(11-15)14(21)10-12-4-6-13(7-5-12)22-16(17,18)19/h4-7H,3,8-11H2,1-2H3. The van der Waals surface area contributed by atoms with Crippen molar-refractivity contribution >= 4 is 5.91 Å². The number of hydrogen-bond donors (Lipinski definition) is 0. The number of carbonyl (C=O) groups excluding carboxylic acids is 1. The van der Waals surface area contributed by atoms with Crippen LogP contribution in [0.4, 0.5) is 13.2 Å². The maximum atomic E-state index is 12.3. The van der Waals surface area contributed by atoms with E-state index in [1.54, 1.807) is 0 Å². The summed E-state index contributed by atoms with van der Waals surface area (Å²) in [5, 5.41) is 0. The van der Waals surface area contributed by atoms with Gasteiger partial charge in [0.25, 0.3) is 0 Å². The van der Waals surface area contributed by atoms with E-state index in [2.05, 4.69) is 18.6 Å². The van der Waals surface area contributed by atoms with Crippen LogP contribution in [0.1, 0.15) is 32.3 Å². The maximum Gasteiger partial charge on any atom is 0.573 e. The SMILES string of the molecule is CC1(C)CCCN(C(=O)Cc2ccc(OC(F)(F)F)cc2)C1. The zero-order valence-corrected chi connectivity index (χ0v) is 12.7. The van der Waals surface area contributed by atoms with Gasteiger partial charge in [-0.1, -0.05) is 26.0 Å². The molecule has 0 bridgehead atoms. The Balaban J connectivity index is 1.94. The molecule has 1 aliphatic rings. The minimum absolute atomic E-state index is 0.0114. The molecule has 2 rings (SSSR count). The van der Waals surface area contributed by atoms with Gasteiger partial charge in [-0.2, -0.15) is 0 Å². The molecule has 3 nitrogen and oxygen atoms in total. The molecule has 1 aromatic carbocycles. The number of alkyl halides is 3. The average Bonchev–Trinajstić information content (AvgIpc) is 2.38. The van der Waals surface area contributed by atoms with Gasteiger partial charge in [-0.05, 0) is 36.0 Å². The summed E-state index contributed by atoms with van der Waals surface area (Å²) in [6.07, 6.45) is -2.42. The maximum absolute atomic E-state index is 12.3. The third-order valence-corrected chi connectivity index (χ3v) is 3.77. The summed E-state index contributed by atoms with van der Waals surface area (Å²) in [7, 11) is 0. The van der Waals surface area contributed by atoms with Crippen molar-refractivity contribution in [2.24, 2.45) is 5.41 Å². The van der Waals surface area contributed by atoms with Crippen molar-refractivity contribution in [1.29, 1.82) is 0 Å². The Morgan fingerprint density at radius 3 is 2.45 bits per heavy atom. The first-order valence-electron chi connectivity index (χ1n) is 7.27. The number of amides is 1. The molecule has 1 saturated heterocycles. The van der Waals surface area contributed by atoms with E-state index in [1.165, 1.54) is 24.3 Å². The van der Waals surface area contributed by atoms with E-state index in [0.717, 1.165) is 25.9 Å². The molecule has 1 heterocycles. The first-order valence-corrected chi connectivity index (χ1v) is 7.27. The van der Waals surface area contributed by atoms with Crippen LogP contribution in [0.2, 0.25) is 0 Å². The van der Waals surface area contributed by atoms with Gasteiger partial charge in [-0.15, -0.1) is 13.2 Å². The second kappa shape index (κ2) is 6.18. The molecule has 0 unspecified atom stereocenters. The third-order valence-electron chi connectivity index (χ3n) is 3.77. The molecule has 1 amide bonds. The lowest BCUT2D eigenvalue weighted by Crippen LogP contribution is -2.44. The van der Waals surface area contributed by atoms with E-state index >= 15 is 0 Å². The van der Waals surface area contributed by atoms with Crippen LogP contribution in [0.3, 0.4) is 0 Å². The number of likely N-dealkylation sites (tertiary alicyclic amines) is 1. The Labute approximate surface area is 128 Å². The Hall–Kier alpha value is -1.72. The van der Waals surface area contributed by atoms with Gasteiger partial charge < -0.3 is 9.64 Å². The fourth-order valence-corrected chi connectivity index (χ4v) is 2.73. The number of benzene rings is 1. The Kier molecular flexibility index (Phi) is 4.68. The van der Waals surface area contributed by atoms with Crippen LogP contribution in [0.25, 0.3) is 0 Å². The summed E-state index contributed by atoms with van der Waals surface area (Å²) in [6.45, 7) is 5.74. The van der Waals surface area contributed by atoms with E-state index in [1.807, 2.05) is 4.90 Å². The molecule has 22 heavy (non-hydrogen) atoms. The van der Waals surface area contributed by atoms with Crippen molar-refractivity contribution in [3.63, 3.8) is 0 Å². The van der Waals surface area contributed by atoms with Gasteiger partial charge in [-0.3, -0.25) is 4.79 Å². The molecule has 122 valence electrons. The molecule has 1 aliphatic heterocycles. The molecular weight excluding hydrogens is 295 g/mol. The van der Waals surface area contributed by atoms with Crippen LogP contribution in [0, 0.1) is 5.41 Å². The van der Waals surface area contributed by atoms with Gasteiger partial charge in [0.1, 0.15) is 5.75 Å². The molecule has 0 spiro atoms. The Morgan fingerprint density at radius 1 is 1.27 bits per heavy atom. The number of ether oxygens (including phenoxy) is 1. The van der Waals surface area contributed by atoms with Crippen molar-refractivity contribution in [1.82, 2.24) is 4.90 Å². The monoisotopic (exact) mass is 315 g/mol. The van der Waals surface area contributed by atoms with E-state index in [4.69, 9.17) is 0 Å². The molecule has 0 N–H and O–H groups in total. The second-order valence-corrected chi connectivity index (χ2v) is 6.45. The van der Waals surface area contributed by atoms with E-state index in [0.29, 0.717) is 5.56 Å². The number of piperidine rings is 1. The summed E-state index contributed by atoms with van der Waals surface area (Å²) in [4.78, 5) is 14.1. The highest BCUT2D eigenvalue weighted by Crippen LogP contribution is 2.29. The van der Waals surface area contributed by atoms with Crippen LogP contribution in [0.15, 0.2) is 24.3 Å². The summed E-state index contributed by atoms with van der Waals surface area (Å²) in [6, 6.07) is 5.45. The molecule has 6 heteroatoms. The van der Waals surface area contributed by atoms with Crippen molar-refractivity contribution in [2.75, 3.05) is 13.1 Å². The van der Waals surface area contributed by atoms with Crippen molar-refractivity contribution < 1.29 is 22.7 Å². The smallest absolute Gasteiger partial charge is 0.406 e. The molecule has 0 aromatic heterocycles. The summed E-state index contributed by atoms with van der Waals surface area (Å²) in [5.41, 5.74) is 0.807. The van der Waals surface area contributed by atoms with Gasteiger partial charge >= 0.3 is 6.36 Å². The molecule has 0 aliphatic carbocycles. The highest BCUT2D eigenvalue weighted by atomic mass is 19.4. The Morgan fingerprint density at radius 2 is 1.91 bits per heavy atom. The molecule has 0 saturated carbocycles. The number of nitrogens with zero attached hydrogens (tertiary/aromatic N) is 1. The highest BCUT2D eigenvalue weighted by molar-refractivity contribution is 5.79. The zero-order chi connectivity index (χ0) is 16.4. The predicted molar refractivity (Wildman–Crippen MR) is 76.4 cm³/mol. The lowest BCUT2D eigenvalue weighted by Gasteiger charge is -2.38. The largest absolute Gasteiger partial charge is 0.573 e. The van der Waals surface area contributed by atoms with Crippen LogP contribution in [-0.4, -0.2) is 30.3 Å². The topological polar surface area (TPSA) is 29.5 Å². The van der Waals surface area contributed by atoms with E-state index in [9.17, 15) is 18.0 Å². The van der Waals surface area contributed by atoms with Gasteiger partial charge in [0, 0.05) is 13.1 Å². The molecule has 0 radical (unpaired) electrons. The Bertz CT molecular complexity index is 523. The van der Waals surface area contributed by atoms with Crippen molar-refractivity contribution in [2.45, 2.75) is 39.5 Å². The minimum Gasteiger partial charge on any atom is -0.406 e. The van der Waals surface area contributed by atoms with Crippen LogP contribution in [0.5, 0.6) is 5.75 Å². The molecule has 1 fully saturated rings. The predicted octanol–water partition coefficient (Wildman–Crippen LogP) is 3.78. The summed E-state index contributed by atoms with van der Waals surface area (Å²) >= 11 is 0. The average molecular weight is 315 g/mol. The lowest BCUT2D eigenvalue weighted by atomic mass is 9.84. The first-order chi connectivity index (χ1) is 10.1. The molecular formula is C16H20F3NO2. The number of halogens is 3. The fourth-order valence-electron chi connectivity index (χ4n) is 2.73. The van der Waals surface area contributed by atoms with Gasteiger partial charge in [0.2, 0.25) is 5.91 Å². The normalized spacial score (nSPS) is 18.1. The van der Waals surface area contributed by atoms with Gasteiger partial charge in [0.15, 0.2) is 0 Å². The number of rotatable bonds is 3. The first kappa shape index (κ1) is 16.6. The van der Waals surface area contributed by atoms with Crippen LogP contribution < -0.4 is 4.74 Å². The quantitative estimate of drug-likeness (QED) is 0.849.